The van der Waals surface area contributed by atoms with Crippen LogP contribution in [-0.4, -0.2) is 41.2 Å². The molecule has 0 aromatic heterocycles. The molecule has 0 spiro atoms. The van der Waals surface area contributed by atoms with Crippen molar-refractivity contribution in [3.63, 3.8) is 0 Å². The van der Waals surface area contributed by atoms with Gasteiger partial charge in [0.1, 0.15) is 0 Å². The zero-order chi connectivity index (χ0) is 15.2. The minimum atomic E-state index is -0.855. The third-order valence-corrected chi connectivity index (χ3v) is 5.64. The van der Waals surface area contributed by atoms with Crippen LogP contribution in [0.1, 0.15) is 46.0 Å². The first-order valence-corrected chi connectivity index (χ1v) is 8.58. The number of carboxylic acid groups (broad SMARTS) is 1. The quantitative estimate of drug-likeness (QED) is 0.675. The van der Waals surface area contributed by atoms with E-state index in [-0.39, 0.29) is 18.6 Å². The number of rotatable bonds is 7. The van der Waals surface area contributed by atoms with Crippen molar-refractivity contribution in [1.82, 2.24) is 10.6 Å². The van der Waals surface area contributed by atoms with Gasteiger partial charge in [-0.25, -0.2) is 4.79 Å². The number of aliphatic carboxylic acids is 1. The van der Waals surface area contributed by atoms with Crippen LogP contribution in [0.2, 0.25) is 0 Å². The van der Waals surface area contributed by atoms with E-state index in [4.69, 9.17) is 0 Å². The Morgan fingerprint density at radius 1 is 1.30 bits per heavy atom. The van der Waals surface area contributed by atoms with Crippen molar-refractivity contribution in [3.05, 3.63) is 0 Å². The van der Waals surface area contributed by atoms with E-state index in [1.165, 1.54) is 0 Å². The van der Waals surface area contributed by atoms with Crippen LogP contribution in [-0.2, 0) is 4.79 Å². The first-order chi connectivity index (χ1) is 9.49. The Labute approximate surface area is 125 Å². The number of amides is 2. The van der Waals surface area contributed by atoms with Gasteiger partial charge in [0.05, 0.1) is 5.41 Å². The summed E-state index contributed by atoms with van der Waals surface area (Å²) in [6.45, 7) is 3.87. The van der Waals surface area contributed by atoms with Crippen LogP contribution in [0, 0.1) is 5.41 Å². The largest absolute Gasteiger partial charge is 0.481 e. The normalized spacial score (nSPS) is 22.6. The maximum absolute atomic E-state index is 11.9. The maximum Gasteiger partial charge on any atom is 0.315 e. The average Bonchev–Trinajstić information content (AvgIpc) is 2.87. The van der Waals surface area contributed by atoms with Crippen molar-refractivity contribution in [2.24, 2.45) is 5.41 Å². The van der Waals surface area contributed by atoms with Gasteiger partial charge < -0.3 is 15.7 Å². The third kappa shape index (κ3) is 4.04. The number of carbonyl (C=O) groups excluding carboxylic acids is 1. The van der Waals surface area contributed by atoms with Gasteiger partial charge in [-0.1, -0.05) is 20.3 Å². The van der Waals surface area contributed by atoms with Crippen LogP contribution in [0.5, 0.6) is 0 Å². The summed E-state index contributed by atoms with van der Waals surface area (Å²) >= 11 is 1.78. The van der Waals surface area contributed by atoms with Crippen molar-refractivity contribution < 1.29 is 14.7 Å². The topological polar surface area (TPSA) is 78.4 Å². The van der Waals surface area contributed by atoms with Gasteiger partial charge in [-0.3, -0.25) is 4.79 Å². The molecule has 1 aliphatic rings. The Hall–Kier alpha value is -0.910. The molecule has 1 rings (SSSR count). The van der Waals surface area contributed by atoms with Crippen LogP contribution in [0.3, 0.4) is 0 Å². The third-order valence-electron chi connectivity index (χ3n) is 4.47. The second-order valence-corrected chi connectivity index (χ2v) is 6.51. The summed E-state index contributed by atoms with van der Waals surface area (Å²) in [4.78, 5) is 23.3. The number of nitrogens with one attached hydrogen (secondary N) is 2. The predicted molar refractivity (Wildman–Crippen MR) is 82.1 cm³/mol. The Morgan fingerprint density at radius 3 is 2.45 bits per heavy atom. The molecule has 2 atom stereocenters. The summed E-state index contributed by atoms with van der Waals surface area (Å²) in [5, 5.41) is 15.5. The number of carboxylic acids is 1. The Balaban J connectivity index is 2.48. The fourth-order valence-corrected chi connectivity index (χ4v) is 3.66. The summed E-state index contributed by atoms with van der Waals surface area (Å²) in [6.07, 6.45) is 6.36. The van der Waals surface area contributed by atoms with Gasteiger partial charge in [-0.2, -0.15) is 11.8 Å². The molecule has 0 saturated heterocycles. The molecule has 1 fully saturated rings. The molecule has 1 aliphatic carbocycles. The zero-order valence-electron chi connectivity index (χ0n) is 12.6. The lowest BCUT2D eigenvalue weighted by atomic mass is 9.82. The Kier molecular flexibility index (Phi) is 6.65. The molecule has 0 aromatic rings. The minimum Gasteiger partial charge on any atom is -0.481 e. The summed E-state index contributed by atoms with van der Waals surface area (Å²) in [6, 6.07) is -0.0454. The van der Waals surface area contributed by atoms with Gasteiger partial charge in [0.15, 0.2) is 0 Å². The lowest BCUT2D eigenvalue weighted by Crippen LogP contribution is -2.49. The van der Waals surface area contributed by atoms with Crippen molar-refractivity contribution in [2.45, 2.75) is 57.2 Å². The van der Waals surface area contributed by atoms with Crippen LogP contribution in [0.4, 0.5) is 4.79 Å². The summed E-state index contributed by atoms with van der Waals surface area (Å²) in [5.41, 5.74) is -0.855. The number of carbonyl (C=O) groups is 2. The molecule has 1 saturated carbocycles. The van der Waals surface area contributed by atoms with Gasteiger partial charge in [0, 0.05) is 17.8 Å². The second kappa shape index (κ2) is 7.76. The molecule has 3 N–H and O–H groups in total. The monoisotopic (exact) mass is 302 g/mol. The molecular weight excluding hydrogens is 276 g/mol. The molecule has 116 valence electrons. The van der Waals surface area contributed by atoms with Crippen molar-refractivity contribution >= 4 is 23.8 Å². The first kappa shape index (κ1) is 17.1. The predicted octanol–water partition coefficient (Wildman–Crippen LogP) is 2.46. The molecule has 0 aromatic carbocycles. The van der Waals surface area contributed by atoms with Crippen molar-refractivity contribution in [1.29, 1.82) is 0 Å². The van der Waals surface area contributed by atoms with E-state index in [0.29, 0.717) is 18.1 Å². The van der Waals surface area contributed by atoms with E-state index < -0.39 is 11.4 Å². The van der Waals surface area contributed by atoms with Crippen LogP contribution >= 0.6 is 11.8 Å². The molecule has 6 heteroatoms. The molecule has 0 radical (unpaired) electrons. The van der Waals surface area contributed by atoms with Crippen molar-refractivity contribution in [3.8, 4) is 0 Å². The summed E-state index contributed by atoms with van der Waals surface area (Å²) in [7, 11) is 0. The molecule has 0 heterocycles. The highest BCUT2D eigenvalue weighted by Gasteiger charge is 2.35. The highest BCUT2D eigenvalue weighted by atomic mass is 32.2. The molecule has 0 bridgehead atoms. The Morgan fingerprint density at radius 2 is 1.95 bits per heavy atom. The van der Waals surface area contributed by atoms with Crippen molar-refractivity contribution in [2.75, 3.05) is 12.8 Å². The van der Waals surface area contributed by atoms with E-state index in [2.05, 4.69) is 16.9 Å². The average molecular weight is 302 g/mol. The number of hydrogen-bond acceptors (Lipinski definition) is 3. The standard InChI is InChI=1S/C14H26N2O3S/c1-4-14(5-2,12(17)18)9-15-13(19)16-10-7-6-8-11(10)20-3/h10-11H,4-9H2,1-3H3,(H,17,18)(H2,15,16,19). The maximum atomic E-state index is 11.9. The van der Waals surface area contributed by atoms with Gasteiger partial charge in [-0.15, -0.1) is 0 Å². The van der Waals surface area contributed by atoms with E-state index in [9.17, 15) is 14.7 Å². The first-order valence-electron chi connectivity index (χ1n) is 7.29. The highest BCUT2D eigenvalue weighted by molar-refractivity contribution is 7.99. The van der Waals surface area contributed by atoms with Gasteiger partial charge in [0.2, 0.25) is 0 Å². The molecule has 20 heavy (non-hydrogen) atoms. The van der Waals surface area contributed by atoms with Gasteiger partial charge in [0.25, 0.3) is 0 Å². The SMILES string of the molecule is CCC(CC)(CNC(=O)NC1CCCC1SC)C(=O)O. The van der Waals surface area contributed by atoms with E-state index in [1.807, 2.05) is 13.8 Å². The summed E-state index contributed by atoms with van der Waals surface area (Å²) in [5.74, 6) is -0.842. The molecule has 0 aliphatic heterocycles. The van der Waals surface area contributed by atoms with E-state index in [1.54, 1.807) is 11.8 Å². The van der Waals surface area contributed by atoms with Crippen LogP contribution in [0.15, 0.2) is 0 Å². The zero-order valence-corrected chi connectivity index (χ0v) is 13.4. The minimum absolute atomic E-state index is 0.178. The van der Waals surface area contributed by atoms with E-state index >= 15 is 0 Å². The lowest BCUT2D eigenvalue weighted by Gasteiger charge is -2.27. The van der Waals surface area contributed by atoms with Gasteiger partial charge >= 0.3 is 12.0 Å². The number of hydrogen-bond donors (Lipinski definition) is 3. The van der Waals surface area contributed by atoms with Gasteiger partial charge in [-0.05, 0) is 31.9 Å². The molecule has 5 nitrogen and oxygen atoms in total. The molecule has 2 amide bonds. The second-order valence-electron chi connectivity index (χ2n) is 5.43. The molecular formula is C14H26N2O3S. The van der Waals surface area contributed by atoms with Crippen LogP contribution in [0.25, 0.3) is 0 Å². The fraction of sp³-hybridized carbons (Fsp3) is 0.857. The lowest BCUT2D eigenvalue weighted by molar-refractivity contribution is -0.149. The molecule has 2 unspecified atom stereocenters. The fourth-order valence-electron chi connectivity index (χ4n) is 2.72. The highest BCUT2D eigenvalue weighted by Crippen LogP contribution is 2.28. The Bertz CT molecular complexity index is 345. The summed E-state index contributed by atoms with van der Waals surface area (Å²) < 4.78 is 0. The van der Waals surface area contributed by atoms with Crippen LogP contribution < -0.4 is 10.6 Å². The number of urea groups is 1. The van der Waals surface area contributed by atoms with E-state index in [0.717, 1.165) is 19.3 Å². The smallest absolute Gasteiger partial charge is 0.315 e. The number of thioether (sulfide) groups is 1.